The second kappa shape index (κ2) is 10.7. The Morgan fingerprint density at radius 2 is 1.93 bits per heavy atom. The molecule has 6 rings (SSSR count). The monoisotopic (exact) mass is 639 g/mol. The Balaban J connectivity index is 1.36. The number of primary amides is 1. The van der Waals surface area contributed by atoms with Crippen LogP contribution in [0.4, 0.5) is 8.78 Å². The minimum Gasteiger partial charge on any atom is -0.491 e. The van der Waals surface area contributed by atoms with Gasteiger partial charge in [-0.1, -0.05) is 0 Å². The molecule has 9 nitrogen and oxygen atoms in total. The summed E-state index contributed by atoms with van der Waals surface area (Å²) in [6.45, 7) is 1.54. The molecule has 2 saturated carbocycles. The van der Waals surface area contributed by atoms with Crippen molar-refractivity contribution in [1.82, 2.24) is 20.1 Å². The van der Waals surface area contributed by atoms with Gasteiger partial charge < -0.3 is 20.9 Å². The molecule has 0 spiro atoms. The molecule has 218 valence electrons. The van der Waals surface area contributed by atoms with Gasteiger partial charge in [0.2, 0.25) is 0 Å². The summed E-state index contributed by atoms with van der Waals surface area (Å²) in [6.07, 6.45) is 5.39. The zero-order chi connectivity index (χ0) is 29.8. The maximum Gasteiger partial charge on any atom is 0.252 e. The molecule has 2 aromatic carbocycles. The molecule has 2 fully saturated rings. The van der Waals surface area contributed by atoms with Crippen LogP contribution in [0.15, 0.2) is 47.1 Å². The molecule has 42 heavy (non-hydrogen) atoms. The number of hydrogen-bond donors (Lipinski definition) is 3. The Bertz CT molecular complexity index is 1740. The maximum atomic E-state index is 15.1. The zero-order valence-corrected chi connectivity index (χ0v) is 24.2. The van der Waals surface area contributed by atoms with Crippen molar-refractivity contribution in [3.8, 4) is 17.0 Å². The number of carbonyl (C=O) groups excluding carboxylic acids is 2. The number of aromatic nitrogens is 3. The van der Waals surface area contributed by atoms with E-state index in [0.29, 0.717) is 30.5 Å². The Labute approximate surface area is 248 Å². The average molecular weight is 640 g/mol. The number of pyridine rings is 1. The zero-order valence-electron chi connectivity index (χ0n) is 22.7. The van der Waals surface area contributed by atoms with Crippen LogP contribution >= 0.6 is 15.9 Å². The van der Waals surface area contributed by atoms with E-state index in [1.165, 1.54) is 12.1 Å². The normalized spacial score (nSPS) is 16.3. The number of amides is 2. The van der Waals surface area contributed by atoms with Crippen LogP contribution in [0.25, 0.3) is 22.2 Å². The first-order valence-corrected chi connectivity index (χ1v) is 14.5. The number of carbonyl (C=O) groups is 2. The lowest BCUT2D eigenvalue weighted by Crippen LogP contribution is -2.43. The fourth-order valence-electron chi connectivity index (χ4n) is 5.15. The van der Waals surface area contributed by atoms with Gasteiger partial charge in [-0.3, -0.25) is 14.3 Å². The third-order valence-corrected chi connectivity index (χ3v) is 8.32. The summed E-state index contributed by atoms with van der Waals surface area (Å²) in [7, 11) is 0. The van der Waals surface area contributed by atoms with Crippen molar-refractivity contribution in [1.29, 1.82) is 0 Å². The number of hydrogen-bond acceptors (Lipinski definition) is 6. The van der Waals surface area contributed by atoms with Crippen molar-refractivity contribution in [2.75, 3.05) is 13.2 Å². The summed E-state index contributed by atoms with van der Waals surface area (Å²) in [4.78, 5) is 30.3. The number of ether oxygens (including phenoxy) is 1. The predicted octanol–water partition coefficient (Wildman–Crippen LogP) is 5.00. The van der Waals surface area contributed by atoms with E-state index in [1.807, 2.05) is 10.9 Å². The average Bonchev–Trinajstić information content (AvgIpc) is 3.90. The van der Waals surface area contributed by atoms with Crippen LogP contribution in [0.1, 0.15) is 65.1 Å². The maximum absolute atomic E-state index is 15.1. The number of fused-ring (bicyclic) bond motifs is 1. The van der Waals surface area contributed by atoms with Crippen molar-refractivity contribution in [3.05, 3.63) is 75.5 Å². The van der Waals surface area contributed by atoms with E-state index < -0.39 is 29.0 Å². The molecule has 0 radical (unpaired) electrons. The van der Waals surface area contributed by atoms with Crippen LogP contribution in [-0.4, -0.2) is 44.8 Å². The molecular weight excluding hydrogens is 612 g/mol. The highest BCUT2D eigenvalue weighted by atomic mass is 79.9. The molecule has 4 aromatic rings. The molecule has 0 saturated heterocycles. The molecule has 2 aromatic heterocycles. The second-order valence-corrected chi connectivity index (χ2v) is 11.6. The third-order valence-electron chi connectivity index (χ3n) is 7.71. The first kappa shape index (κ1) is 28.2. The van der Waals surface area contributed by atoms with Crippen molar-refractivity contribution in [2.45, 2.75) is 44.2 Å². The van der Waals surface area contributed by atoms with Crippen molar-refractivity contribution in [2.24, 2.45) is 11.7 Å². The van der Waals surface area contributed by atoms with E-state index in [0.717, 1.165) is 23.7 Å². The van der Waals surface area contributed by atoms with Crippen LogP contribution in [0.3, 0.4) is 0 Å². The van der Waals surface area contributed by atoms with Gasteiger partial charge in [-0.2, -0.15) is 5.10 Å². The van der Waals surface area contributed by atoms with Crippen molar-refractivity contribution >= 4 is 38.6 Å². The van der Waals surface area contributed by atoms with Crippen molar-refractivity contribution in [3.63, 3.8) is 0 Å². The van der Waals surface area contributed by atoms with Gasteiger partial charge in [0.15, 0.2) is 5.75 Å². The SMILES string of the molecule is CCOc1c(C(N)=O)cc([C@@](O)(CNC(=O)c2ccc3nn(C4CC4)cc3c2)C2CC2)nc1-c1cc(Br)c(F)cc1F. The number of aliphatic hydroxyl groups is 1. The van der Waals surface area contributed by atoms with E-state index in [4.69, 9.17) is 10.5 Å². The molecule has 4 N–H and O–H groups in total. The number of rotatable bonds is 10. The molecule has 0 aliphatic heterocycles. The smallest absolute Gasteiger partial charge is 0.252 e. The topological polar surface area (TPSA) is 132 Å². The van der Waals surface area contributed by atoms with Crippen LogP contribution in [0.2, 0.25) is 0 Å². The van der Waals surface area contributed by atoms with Crippen molar-refractivity contribution < 1.29 is 28.2 Å². The first-order chi connectivity index (χ1) is 20.1. The molecule has 2 heterocycles. The number of benzene rings is 2. The molecule has 0 bridgehead atoms. The molecule has 1 atom stereocenters. The minimum atomic E-state index is -1.71. The van der Waals surface area contributed by atoms with Gasteiger partial charge in [0.1, 0.15) is 22.9 Å². The lowest BCUT2D eigenvalue weighted by Gasteiger charge is -2.29. The lowest BCUT2D eigenvalue weighted by molar-refractivity contribution is 0.00946. The quantitative estimate of drug-likeness (QED) is 0.209. The lowest BCUT2D eigenvalue weighted by atomic mass is 9.90. The summed E-state index contributed by atoms with van der Waals surface area (Å²) >= 11 is 3.07. The highest BCUT2D eigenvalue weighted by Gasteiger charge is 2.47. The molecule has 12 heteroatoms. The summed E-state index contributed by atoms with van der Waals surface area (Å²) in [6, 6.07) is 8.80. The van der Waals surface area contributed by atoms with Gasteiger partial charge in [-0.25, -0.2) is 13.8 Å². The van der Waals surface area contributed by atoms with Gasteiger partial charge in [-0.05, 0) is 84.8 Å². The Morgan fingerprint density at radius 1 is 1.17 bits per heavy atom. The molecule has 2 aliphatic carbocycles. The first-order valence-electron chi connectivity index (χ1n) is 13.7. The van der Waals surface area contributed by atoms with Gasteiger partial charge >= 0.3 is 0 Å². The number of nitrogens with zero attached hydrogens (tertiary/aromatic N) is 3. The van der Waals surface area contributed by atoms with E-state index in [1.54, 1.807) is 25.1 Å². The molecule has 2 amide bonds. The Kier molecular flexibility index (Phi) is 7.22. The molecule has 0 unspecified atom stereocenters. The fraction of sp³-hybridized carbons (Fsp3) is 0.333. The Hall–Kier alpha value is -3.90. The highest BCUT2D eigenvalue weighted by Crippen LogP contribution is 2.47. The van der Waals surface area contributed by atoms with E-state index >= 15 is 4.39 Å². The van der Waals surface area contributed by atoms with Crippen LogP contribution in [0, 0.1) is 17.6 Å². The largest absolute Gasteiger partial charge is 0.491 e. The fourth-order valence-corrected chi connectivity index (χ4v) is 5.49. The van der Waals surface area contributed by atoms with E-state index in [9.17, 15) is 19.1 Å². The number of nitrogens with one attached hydrogen (secondary N) is 1. The summed E-state index contributed by atoms with van der Waals surface area (Å²) < 4.78 is 36.7. The number of halogens is 3. The minimum absolute atomic E-state index is 0.0126. The second-order valence-electron chi connectivity index (χ2n) is 10.8. The van der Waals surface area contributed by atoms with E-state index in [-0.39, 0.29) is 51.8 Å². The Morgan fingerprint density at radius 3 is 2.60 bits per heavy atom. The molecular formula is C30H28BrF2N5O4. The van der Waals surface area contributed by atoms with Gasteiger partial charge in [0, 0.05) is 28.8 Å². The summed E-state index contributed by atoms with van der Waals surface area (Å²) in [5.74, 6) is -3.44. The van der Waals surface area contributed by atoms with Crippen LogP contribution < -0.4 is 15.8 Å². The highest BCUT2D eigenvalue weighted by molar-refractivity contribution is 9.10. The third kappa shape index (κ3) is 5.24. The van der Waals surface area contributed by atoms with Gasteiger partial charge in [-0.15, -0.1) is 0 Å². The van der Waals surface area contributed by atoms with Crippen LogP contribution in [-0.2, 0) is 5.60 Å². The van der Waals surface area contributed by atoms with Gasteiger partial charge in [0.05, 0.1) is 40.4 Å². The summed E-state index contributed by atoms with van der Waals surface area (Å²) in [5, 5.41) is 20.2. The number of nitrogens with two attached hydrogens (primary N) is 1. The van der Waals surface area contributed by atoms with Crippen LogP contribution in [0.5, 0.6) is 5.75 Å². The van der Waals surface area contributed by atoms with E-state index in [2.05, 4.69) is 31.3 Å². The summed E-state index contributed by atoms with van der Waals surface area (Å²) in [5.41, 5.74) is 4.77. The predicted molar refractivity (Wildman–Crippen MR) is 154 cm³/mol. The van der Waals surface area contributed by atoms with Gasteiger partial charge in [0.25, 0.3) is 11.8 Å². The molecule has 2 aliphatic rings. The standard InChI is InChI=1S/C30H28BrF2N5O4/c1-2-42-27-20(28(34)39)11-25(36-26(27)19-10-21(31)23(33)12-22(19)32)30(41,17-4-5-17)14-35-29(40)15-3-8-24-16(9-15)13-38(37-24)18-6-7-18/h3,8-13,17-18,41H,2,4-7,14H2,1H3,(H2,34,39)(H,35,40)/t30-/m1/s1.